The summed E-state index contributed by atoms with van der Waals surface area (Å²) >= 11 is 5.88. The van der Waals surface area contributed by atoms with Crippen molar-refractivity contribution in [3.8, 4) is 5.75 Å². The lowest BCUT2D eigenvalue weighted by Crippen LogP contribution is -2.36. The Kier molecular flexibility index (Phi) is 6.14. The molecule has 2 aromatic rings. The molecule has 0 aliphatic carbocycles. The van der Waals surface area contributed by atoms with Crippen LogP contribution in [0.2, 0.25) is 5.02 Å². The SMILES string of the molecule is O=C(COc1cccc(Cl)c1)NCc1ccc(N2CCOCC2)cc1. The summed E-state index contributed by atoms with van der Waals surface area (Å²) in [5.74, 6) is 0.412. The number of carbonyl (C=O) groups excluding carboxylic acids is 1. The fraction of sp³-hybridized carbons (Fsp3) is 0.316. The molecule has 2 aromatic carbocycles. The highest BCUT2D eigenvalue weighted by Crippen LogP contribution is 2.17. The highest BCUT2D eigenvalue weighted by Gasteiger charge is 2.11. The van der Waals surface area contributed by atoms with Crippen LogP contribution in [-0.4, -0.2) is 38.8 Å². The van der Waals surface area contributed by atoms with Crippen LogP contribution in [0.15, 0.2) is 48.5 Å². The van der Waals surface area contributed by atoms with Crippen LogP contribution in [0.1, 0.15) is 5.56 Å². The lowest BCUT2D eigenvalue weighted by molar-refractivity contribution is -0.123. The van der Waals surface area contributed by atoms with Gasteiger partial charge < -0.3 is 19.7 Å². The Morgan fingerprint density at radius 2 is 1.92 bits per heavy atom. The van der Waals surface area contributed by atoms with E-state index in [1.54, 1.807) is 24.3 Å². The number of morpholine rings is 1. The summed E-state index contributed by atoms with van der Waals surface area (Å²) < 4.78 is 10.8. The summed E-state index contributed by atoms with van der Waals surface area (Å²) in [4.78, 5) is 14.2. The summed E-state index contributed by atoms with van der Waals surface area (Å²) in [6.45, 7) is 3.80. The molecule has 3 rings (SSSR count). The zero-order chi connectivity index (χ0) is 17.5. The van der Waals surface area contributed by atoms with Crippen LogP contribution < -0.4 is 15.0 Å². The second-order valence-electron chi connectivity index (χ2n) is 5.79. The number of hydrogen-bond acceptors (Lipinski definition) is 4. The van der Waals surface area contributed by atoms with Crippen LogP contribution in [0.25, 0.3) is 0 Å². The zero-order valence-electron chi connectivity index (χ0n) is 13.9. The van der Waals surface area contributed by atoms with Crippen LogP contribution >= 0.6 is 11.6 Å². The standard InChI is InChI=1S/C19H21ClN2O3/c20-16-2-1-3-18(12-16)25-14-19(23)21-13-15-4-6-17(7-5-15)22-8-10-24-11-9-22/h1-7,12H,8-11,13-14H2,(H,21,23). The van der Waals surface area contributed by atoms with Gasteiger partial charge in [-0.05, 0) is 35.9 Å². The molecular formula is C19H21ClN2O3. The molecular weight excluding hydrogens is 340 g/mol. The summed E-state index contributed by atoms with van der Waals surface area (Å²) in [6, 6.07) is 15.2. The number of amides is 1. The maximum Gasteiger partial charge on any atom is 0.258 e. The summed E-state index contributed by atoms with van der Waals surface area (Å²) in [5.41, 5.74) is 2.23. The first-order valence-electron chi connectivity index (χ1n) is 8.27. The fourth-order valence-corrected chi connectivity index (χ4v) is 2.78. The number of halogens is 1. The average molecular weight is 361 g/mol. The molecule has 0 radical (unpaired) electrons. The molecule has 1 N–H and O–H groups in total. The van der Waals surface area contributed by atoms with E-state index in [2.05, 4.69) is 22.3 Å². The first-order valence-corrected chi connectivity index (χ1v) is 8.65. The Balaban J connectivity index is 1.43. The molecule has 1 aliphatic rings. The van der Waals surface area contributed by atoms with Crippen molar-refractivity contribution in [3.05, 3.63) is 59.1 Å². The number of rotatable bonds is 6. The zero-order valence-corrected chi connectivity index (χ0v) is 14.7. The maximum atomic E-state index is 11.9. The van der Waals surface area contributed by atoms with E-state index in [1.807, 2.05) is 12.1 Å². The monoisotopic (exact) mass is 360 g/mol. The van der Waals surface area contributed by atoms with Crippen LogP contribution in [-0.2, 0) is 16.1 Å². The second kappa shape index (κ2) is 8.74. The predicted octanol–water partition coefficient (Wildman–Crippen LogP) is 2.87. The van der Waals surface area contributed by atoms with Gasteiger partial charge >= 0.3 is 0 Å². The summed E-state index contributed by atoms with van der Waals surface area (Å²) in [6.07, 6.45) is 0. The molecule has 0 bridgehead atoms. The molecule has 1 heterocycles. The Hall–Kier alpha value is -2.24. The molecule has 132 valence electrons. The maximum absolute atomic E-state index is 11.9. The van der Waals surface area contributed by atoms with Crippen molar-refractivity contribution in [3.63, 3.8) is 0 Å². The third-order valence-electron chi connectivity index (χ3n) is 3.97. The molecule has 6 heteroatoms. The lowest BCUT2D eigenvalue weighted by atomic mass is 10.2. The first-order chi connectivity index (χ1) is 12.2. The molecule has 1 aliphatic heterocycles. The molecule has 0 saturated carbocycles. The average Bonchev–Trinajstić information content (AvgIpc) is 2.66. The Morgan fingerprint density at radius 1 is 1.16 bits per heavy atom. The highest BCUT2D eigenvalue weighted by molar-refractivity contribution is 6.30. The first kappa shape index (κ1) is 17.6. The number of nitrogens with one attached hydrogen (secondary N) is 1. The number of nitrogens with zero attached hydrogens (tertiary/aromatic N) is 1. The van der Waals surface area contributed by atoms with Gasteiger partial charge in [0.2, 0.25) is 0 Å². The molecule has 0 aromatic heterocycles. The minimum atomic E-state index is -0.169. The van der Waals surface area contributed by atoms with Crippen LogP contribution in [0.3, 0.4) is 0 Å². The summed E-state index contributed by atoms with van der Waals surface area (Å²) in [5, 5.41) is 3.43. The number of hydrogen-bond donors (Lipinski definition) is 1. The molecule has 1 fully saturated rings. The number of benzene rings is 2. The van der Waals surface area contributed by atoms with Crippen LogP contribution in [0, 0.1) is 0 Å². The van der Waals surface area contributed by atoms with Gasteiger partial charge in [-0.15, -0.1) is 0 Å². The van der Waals surface area contributed by atoms with E-state index in [-0.39, 0.29) is 12.5 Å². The van der Waals surface area contributed by atoms with E-state index in [1.165, 1.54) is 5.69 Å². The van der Waals surface area contributed by atoms with Crippen molar-refractivity contribution in [1.82, 2.24) is 5.32 Å². The third-order valence-corrected chi connectivity index (χ3v) is 4.20. The molecule has 5 nitrogen and oxygen atoms in total. The smallest absolute Gasteiger partial charge is 0.258 e. The fourth-order valence-electron chi connectivity index (χ4n) is 2.60. The highest BCUT2D eigenvalue weighted by atomic mass is 35.5. The Bertz CT molecular complexity index is 700. The molecule has 1 saturated heterocycles. The van der Waals surface area contributed by atoms with Gasteiger partial charge in [0, 0.05) is 30.3 Å². The number of anilines is 1. The van der Waals surface area contributed by atoms with Gasteiger partial charge in [0.15, 0.2) is 6.61 Å². The quantitative estimate of drug-likeness (QED) is 0.860. The van der Waals surface area contributed by atoms with E-state index < -0.39 is 0 Å². The van der Waals surface area contributed by atoms with E-state index >= 15 is 0 Å². The number of ether oxygens (including phenoxy) is 2. The van der Waals surface area contributed by atoms with Gasteiger partial charge in [0.05, 0.1) is 13.2 Å². The van der Waals surface area contributed by atoms with Gasteiger partial charge in [-0.3, -0.25) is 4.79 Å². The second-order valence-corrected chi connectivity index (χ2v) is 6.23. The van der Waals surface area contributed by atoms with Gasteiger partial charge in [-0.1, -0.05) is 29.8 Å². The minimum absolute atomic E-state index is 0.0355. The van der Waals surface area contributed by atoms with Crippen LogP contribution in [0.4, 0.5) is 5.69 Å². The van der Waals surface area contributed by atoms with Crippen molar-refractivity contribution in [1.29, 1.82) is 0 Å². The minimum Gasteiger partial charge on any atom is -0.484 e. The van der Waals surface area contributed by atoms with Gasteiger partial charge in [0.25, 0.3) is 5.91 Å². The largest absolute Gasteiger partial charge is 0.484 e. The Morgan fingerprint density at radius 3 is 2.64 bits per heavy atom. The van der Waals surface area contributed by atoms with Crippen molar-refractivity contribution in [2.75, 3.05) is 37.8 Å². The molecule has 0 unspecified atom stereocenters. The normalized spacial score (nSPS) is 14.2. The van der Waals surface area contributed by atoms with Gasteiger partial charge in [-0.25, -0.2) is 0 Å². The number of carbonyl (C=O) groups is 1. The van der Waals surface area contributed by atoms with Crippen molar-refractivity contribution < 1.29 is 14.3 Å². The topological polar surface area (TPSA) is 50.8 Å². The van der Waals surface area contributed by atoms with Crippen molar-refractivity contribution in [2.45, 2.75) is 6.54 Å². The Labute approximate surface area is 152 Å². The van der Waals surface area contributed by atoms with Crippen LogP contribution in [0.5, 0.6) is 5.75 Å². The van der Waals surface area contributed by atoms with E-state index in [0.29, 0.717) is 17.3 Å². The van der Waals surface area contributed by atoms with Crippen molar-refractivity contribution in [2.24, 2.45) is 0 Å². The predicted molar refractivity (Wildman–Crippen MR) is 98.3 cm³/mol. The van der Waals surface area contributed by atoms with Gasteiger partial charge in [0.1, 0.15) is 5.75 Å². The van der Waals surface area contributed by atoms with E-state index in [0.717, 1.165) is 31.9 Å². The van der Waals surface area contributed by atoms with Gasteiger partial charge in [-0.2, -0.15) is 0 Å². The molecule has 0 spiro atoms. The third kappa shape index (κ3) is 5.37. The van der Waals surface area contributed by atoms with E-state index in [9.17, 15) is 4.79 Å². The molecule has 1 amide bonds. The lowest BCUT2D eigenvalue weighted by Gasteiger charge is -2.28. The van der Waals surface area contributed by atoms with Crippen molar-refractivity contribution >= 4 is 23.2 Å². The van der Waals surface area contributed by atoms with E-state index in [4.69, 9.17) is 21.1 Å². The molecule has 25 heavy (non-hydrogen) atoms. The summed E-state index contributed by atoms with van der Waals surface area (Å²) in [7, 11) is 0. The molecule has 0 atom stereocenters.